The summed E-state index contributed by atoms with van der Waals surface area (Å²) in [5.41, 5.74) is 9.80. The van der Waals surface area contributed by atoms with Crippen molar-refractivity contribution in [2.45, 2.75) is 13.8 Å². The van der Waals surface area contributed by atoms with Gasteiger partial charge < -0.3 is 20.2 Å². The molecule has 1 aromatic heterocycles. The van der Waals surface area contributed by atoms with Crippen LogP contribution < -0.4 is 15.8 Å². The second-order valence-corrected chi connectivity index (χ2v) is 6.42. The van der Waals surface area contributed by atoms with Gasteiger partial charge in [-0.05, 0) is 61.4 Å². The van der Waals surface area contributed by atoms with E-state index in [-0.39, 0.29) is 11.7 Å². The van der Waals surface area contributed by atoms with Gasteiger partial charge in [0.2, 0.25) is 0 Å². The van der Waals surface area contributed by atoms with Gasteiger partial charge in [0.1, 0.15) is 11.5 Å². The number of hydrogen-bond donors (Lipinski definition) is 2. The number of nitrogen functional groups attached to an aromatic ring is 1. The lowest BCUT2D eigenvalue weighted by Gasteiger charge is -2.11. The predicted molar refractivity (Wildman–Crippen MR) is 104 cm³/mol. The van der Waals surface area contributed by atoms with Crippen LogP contribution in [0.25, 0.3) is 11.3 Å². The summed E-state index contributed by atoms with van der Waals surface area (Å²) < 4.78 is 10.8. The number of amides is 1. The lowest BCUT2D eigenvalue weighted by atomic mass is 10.1. The van der Waals surface area contributed by atoms with Crippen molar-refractivity contribution in [2.24, 2.45) is 0 Å². The van der Waals surface area contributed by atoms with Gasteiger partial charge in [0.25, 0.3) is 5.91 Å². The van der Waals surface area contributed by atoms with Crippen molar-refractivity contribution in [2.75, 3.05) is 18.2 Å². The van der Waals surface area contributed by atoms with Crippen molar-refractivity contribution < 1.29 is 13.9 Å². The molecule has 0 aliphatic carbocycles. The van der Waals surface area contributed by atoms with Crippen LogP contribution in [-0.2, 0) is 0 Å². The molecule has 1 heterocycles. The van der Waals surface area contributed by atoms with Gasteiger partial charge in [0.05, 0.1) is 23.5 Å². The second kappa shape index (κ2) is 7.14. The van der Waals surface area contributed by atoms with E-state index in [1.165, 1.54) is 0 Å². The zero-order valence-corrected chi connectivity index (χ0v) is 15.5. The SMILES string of the molecule is COc1ccc(-c2ccc(C(=O)Nc3c(C)cc(C)cc3N)o2)cc1Cl. The van der Waals surface area contributed by atoms with Gasteiger partial charge in [-0.3, -0.25) is 4.79 Å². The minimum absolute atomic E-state index is 0.186. The van der Waals surface area contributed by atoms with Gasteiger partial charge >= 0.3 is 0 Å². The Bertz CT molecular complexity index is 956. The summed E-state index contributed by atoms with van der Waals surface area (Å²) in [4.78, 5) is 12.5. The van der Waals surface area contributed by atoms with E-state index < -0.39 is 0 Å². The Hall–Kier alpha value is -2.92. The number of carbonyl (C=O) groups is 1. The molecule has 26 heavy (non-hydrogen) atoms. The Balaban J connectivity index is 1.84. The molecule has 0 spiro atoms. The van der Waals surface area contributed by atoms with Crippen molar-refractivity contribution in [1.29, 1.82) is 0 Å². The van der Waals surface area contributed by atoms with E-state index in [1.807, 2.05) is 32.0 Å². The Morgan fingerprint density at radius 1 is 1.15 bits per heavy atom. The highest BCUT2D eigenvalue weighted by molar-refractivity contribution is 6.32. The highest BCUT2D eigenvalue weighted by Crippen LogP contribution is 2.31. The third-order valence-corrected chi connectivity index (χ3v) is 4.31. The molecule has 3 rings (SSSR count). The van der Waals surface area contributed by atoms with Gasteiger partial charge in [-0.2, -0.15) is 0 Å². The van der Waals surface area contributed by atoms with Crippen LogP contribution in [0.15, 0.2) is 46.9 Å². The number of aryl methyl sites for hydroxylation is 2. The van der Waals surface area contributed by atoms with E-state index in [1.54, 1.807) is 31.4 Å². The van der Waals surface area contributed by atoms with Crippen LogP contribution in [0.5, 0.6) is 5.75 Å². The Morgan fingerprint density at radius 2 is 1.92 bits per heavy atom. The Labute approximate surface area is 156 Å². The number of nitrogens with one attached hydrogen (secondary N) is 1. The quantitative estimate of drug-likeness (QED) is 0.629. The van der Waals surface area contributed by atoms with Gasteiger partial charge in [0, 0.05) is 5.56 Å². The summed E-state index contributed by atoms with van der Waals surface area (Å²) in [6, 6.07) is 12.4. The molecule has 134 valence electrons. The number of benzene rings is 2. The summed E-state index contributed by atoms with van der Waals surface area (Å²) >= 11 is 6.14. The largest absolute Gasteiger partial charge is 0.495 e. The first kappa shape index (κ1) is 17.9. The van der Waals surface area contributed by atoms with Gasteiger partial charge in [-0.25, -0.2) is 0 Å². The number of methoxy groups -OCH3 is 1. The van der Waals surface area contributed by atoms with E-state index in [0.717, 1.165) is 16.7 Å². The minimum Gasteiger partial charge on any atom is -0.495 e. The topological polar surface area (TPSA) is 77.5 Å². The smallest absolute Gasteiger partial charge is 0.291 e. The average Bonchev–Trinajstić information content (AvgIpc) is 3.08. The molecule has 1 amide bonds. The van der Waals surface area contributed by atoms with Gasteiger partial charge in [0.15, 0.2) is 5.76 Å². The van der Waals surface area contributed by atoms with Crippen molar-refractivity contribution >= 4 is 28.9 Å². The van der Waals surface area contributed by atoms with Crippen LogP contribution in [0.1, 0.15) is 21.7 Å². The summed E-state index contributed by atoms with van der Waals surface area (Å²) in [6.07, 6.45) is 0. The maximum atomic E-state index is 12.5. The molecule has 0 aliphatic heterocycles. The predicted octanol–water partition coefficient (Wildman–Crippen LogP) is 5.06. The molecule has 5 nitrogen and oxygen atoms in total. The third kappa shape index (κ3) is 3.53. The molecule has 3 aromatic rings. The van der Waals surface area contributed by atoms with Crippen molar-refractivity contribution in [3.63, 3.8) is 0 Å². The first-order valence-electron chi connectivity index (χ1n) is 8.01. The molecule has 0 saturated carbocycles. The van der Waals surface area contributed by atoms with Crippen molar-refractivity contribution in [3.8, 4) is 17.1 Å². The van der Waals surface area contributed by atoms with Crippen LogP contribution in [0.2, 0.25) is 5.02 Å². The lowest BCUT2D eigenvalue weighted by Crippen LogP contribution is -2.13. The van der Waals surface area contributed by atoms with Crippen LogP contribution in [-0.4, -0.2) is 13.0 Å². The fourth-order valence-corrected chi connectivity index (χ4v) is 3.04. The Kier molecular flexibility index (Phi) is 4.91. The number of nitrogens with two attached hydrogens (primary N) is 1. The standard InChI is InChI=1S/C20H19ClN2O3/c1-11-8-12(2)19(15(22)9-11)23-20(24)18-7-6-16(26-18)13-4-5-17(25-3)14(21)10-13/h4-10H,22H2,1-3H3,(H,23,24). The molecular formula is C20H19ClN2O3. The first-order valence-corrected chi connectivity index (χ1v) is 8.38. The van der Waals surface area contributed by atoms with E-state index in [9.17, 15) is 4.79 Å². The molecule has 3 N–H and O–H groups in total. The maximum absolute atomic E-state index is 12.5. The lowest BCUT2D eigenvalue weighted by molar-refractivity contribution is 0.0997. The number of hydrogen-bond acceptors (Lipinski definition) is 4. The number of carbonyl (C=O) groups excluding carboxylic acids is 1. The average molecular weight is 371 g/mol. The molecule has 0 aliphatic rings. The molecule has 0 unspecified atom stereocenters. The monoisotopic (exact) mass is 370 g/mol. The normalized spacial score (nSPS) is 10.6. The van der Waals surface area contributed by atoms with Crippen molar-refractivity contribution in [1.82, 2.24) is 0 Å². The Morgan fingerprint density at radius 3 is 2.58 bits per heavy atom. The number of furan rings is 1. The molecule has 0 atom stereocenters. The molecule has 0 saturated heterocycles. The maximum Gasteiger partial charge on any atom is 0.291 e. The molecule has 0 radical (unpaired) electrons. The summed E-state index contributed by atoms with van der Waals surface area (Å²) in [5.74, 6) is 0.930. The van der Waals surface area contributed by atoms with Crippen LogP contribution in [0.4, 0.5) is 11.4 Å². The van der Waals surface area contributed by atoms with Crippen LogP contribution >= 0.6 is 11.6 Å². The number of rotatable bonds is 4. The van der Waals surface area contributed by atoms with Gasteiger partial charge in [-0.15, -0.1) is 0 Å². The molecule has 0 fully saturated rings. The fourth-order valence-electron chi connectivity index (χ4n) is 2.78. The second-order valence-electron chi connectivity index (χ2n) is 6.01. The zero-order valence-electron chi connectivity index (χ0n) is 14.7. The minimum atomic E-state index is -0.366. The highest BCUT2D eigenvalue weighted by atomic mass is 35.5. The summed E-state index contributed by atoms with van der Waals surface area (Å²) in [7, 11) is 1.55. The molecule has 6 heteroatoms. The number of halogens is 1. The van der Waals surface area contributed by atoms with Crippen LogP contribution in [0.3, 0.4) is 0 Å². The van der Waals surface area contributed by atoms with Gasteiger partial charge in [-0.1, -0.05) is 17.7 Å². The van der Waals surface area contributed by atoms with Crippen molar-refractivity contribution in [3.05, 3.63) is 64.4 Å². The summed E-state index contributed by atoms with van der Waals surface area (Å²) in [6.45, 7) is 3.85. The number of ether oxygens (including phenoxy) is 1. The summed E-state index contributed by atoms with van der Waals surface area (Å²) in [5, 5.41) is 3.28. The molecule has 0 bridgehead atoms. The first-order chi connectivity index (χ1) is 12.4. The van der Waals surface area contributed by atoms with Crippen LogP contribution in [0, 0.1) is 13.8 Å². The highest BCUT2D eigenvalue weighted by Gasteiger charge is 2.16. The molecule has 2 aromatic carbocycles. The fraction of sp³-hybridized carbons (Fsp3) is 0.150. The van der Waals surface area contributed by atoms with E-state index in [2.05, 4.69) is 5.32 Å². The third-order valence-electron chi connectivity index (χ3n) is 4.01. The molecular weight excluding hydrogens is 352 g/mol. The van der Waals surface area contributed by atoms with E-state index in [4.69, 9.17) is 26.5 Å². The van der Waals surface area contributed by atoms with E-state index >= 15 is 0 Å². The van der Waals surface area contributed by atoms with E-state index in [0.29, 0.717) is 27.9 Å². The zero-order chi connectivity index (χ0) is 18.8. The number of anilines is 2.